The molecule has 3 atom stereocenters. The lowest BCUT2D eigenvalue weighted by molar-refractivity contribution is 0.322. The van der Waals surface area contributed by atoms with E-state index in [2.05, 4.69) is 39.0 Å². The van der Waals surface area contributed by atoms with E-state index in [1.54, 1.807) is 7.11 Å². The summed E-state index contributed by atoms with van der Waals surface area (Å²) < 4.78 is 11.0. The van der Waals surface area contributed by atoms with Gasteiger partial charge in [-0.25, -0.2) is 0 Å². The highest BCUT2D eigenvalue weighted by Gasteiger charge is 2.41. The third-order valence-electron chi connectivity index (χ3n) is 3.92. The fourth-order valence-corrected chi connectivity index (χ4v) is 2.71. The molecular weight excluding hydrogens is 224 g/mol. The molecule has 0 N–H and O–H groups in total. The minimum absolute atomic E-state index is 0.474. The van der Waals surface area contributed by atoms with Gasteiger partial charge in [0.15, 0.2) is 0 Å². The van der Waals surface area contributed by atoms with Gasteiger partial charge in [-0.1, -0.05) is 26.8 Å². The monoisotopic (exact) mass is 248 g/mol. The van der Waals surface area contributed by atoms with Crippen molar-refractivity contribution >= 4 is 0 Å². The Balaban J connectivity index is 2.04. The van der Waals surface area contributed by atoms with Crippen molar-refractivity contribution in [3.8, 4) is 5.75 Å². The van der Waals surface area contributed by atoms with Crippen LogP contribution in [0.5, 0.6) is 5.75 Å². The molecule has 0 aliphatic carbocycles. The molecule has 2 rings (SSSR count). The summed E-state index contributed by atoms with van der Waals surface area (Å²) in [5, 5.41) is 0. The lowest BCUT2D eigenvalue weighted by Crippen LogP contribution is -2.11. The van der Waals surface area contributed by atoms with Gasteiger partial charge in [-0.15, -0.1) is 0 Å². The molecule has 1 saturated heterocycles. The summed E-state index contributed by atoms with van der Waals surface area (Å²) in [7, 11) is 1.72. The molecule has 0 radical (unpaired) electrons. The van der Waals surface area contributed by atoms with Crippen molar-refractivity contribution in [1.29, 1.82) is 0 Å². The standard InChI is InChI=1S/C16H24O2/c1-5-12-10-14(17-4)8-7-13(12)9-11(3)16-15(6-2)18-16/h7-8,10-11,15-16H,5-6,9H2,1-4H3. The van der Waals surface area contributed by atoms with Gasteiger partial charge in [-0.2, -0.15) is 0 Å². The summed E-state index contributed by atoms with van der Waals surface area (Å²) in [6, 6.07) is 6.43. The Morgan fingerprint density at radius 2 is 2.06 bits per heavy atom. The topological polar surface area (TPSA) is 21.8 Å². The molecule has 0 spiro atoms. The van der Waals surface area contributed by atoms with Crippen LogP contribution in [0.1, 0.15) is 38.3 Å². The third kappa shape index (κ3) is 2.86. The molecule has 0 bridgehead atoms. The SMILES string of the molecule is CCc1cc(OC)ccc1CC(C)C1OC1CC. The Labute approximate surface area is 110 Å². The smallest absolute Gasteiger partial charge is 0.119 e. The average Bonchev–Trinajstić information content (AvgIpc) is 3.18. The molecule has 100 valence electrons. The fourth-order valence-electron chi connectivity index (χ4n) is 2.71. The molecular formula is C16H24O2. The van der Waals surface area contributed by atoms with E-state index < -0.39 is 0 Å². The minimum Gasteiger partial charge on any atom is -0.497 e. The van der Waals surface area contributed by atoms with E-state index in [1.165, 1.54) is 11.1 Å². The molecule has 0 amide bonds. The lowest BCUT2D eigenvalue weighted by atomic mass is 9.92. The number of benzene rings is 1. The van der Waals surface area contributed by atoms with E-state index in [0.29, 0.717) is 18.1 Å². The summed E-state index contributed by atoms with van der Waals surface area (Å²) in [5.41, 5.74) is 2.84. The van der Waals surface area contributed by atoms with E-state index >= 15 is 0 Å². The van der Waals surface area contributed by atoms with Crippen LogP contribution in [0.25, 0.3) is 0 Å². The van der Waals surface area contributed by atoms with Crippen LogP contribution < -0.4 is 4.74 Å². The summed E-state index contributed by atoms with van der Waals surface area (Å²) in [4.78, 5) is 0. The molecule has 1 aromatic rings. The van der Waals surface area contributed by atoms with Crippen LogP contribution in [0.3, 0.4) is 0 Å². The number of aryl methyl sites for hydroxylation is 1. The lowest BCUT2D eigenvalue weighted by Gasteiger charge is -2.13. The molecule has 2 nitrogen and oxygen atoms in total. The third-order valence-corrected chi connectivity index (χ3v) is 3.92. The molecule has 3 unspecified atom stereocenters. The molecule has 1 aliphatic rings. The largest absolute Gasteiger partial charge is 0.497 e. The zero-order valence-corrected chi connectivity index (χ0v) is 11.9. The summed E-state index contributed by atoms with van der Waals surface area (Å²) in [6.45, 7) is 6.69. The predicted octanol–water partition coefficient (Wildman–Crippen LogP) is 3.61. The van der Waals surface area contributed by atoms with Crippen LogP contribution in [0, 0.1) is 5.92 Å². The van der Waals surface area contributed by atoms with Crippen molar-refractivity contribution in [3.05, 3.63) is 29.3 Å². The molecule has 1 aliphatic heterocycles. The summed E-state index contributed by atoms with van der Waals surface area (Å²) in [5.74, 6) is 1.56. The maximum atomic E-state index is 5.69. The highest BCUT2D eigenvalue weighted by Crippen LogP contribution is 2.34. The minimum atomic E-state index is 0.474. The van der Waals surface area contributed by atoms with Crippen LogP contribution in [0.4, 0.5) is 0 Å². The second kappa shape index (κ2) is 5.75. The number of hydrogen-bond donors (Lipinski definition) is 0. The van der Waals surface area contributed by atoms with Gasteiger partial charge in [-0.3, -0.25) is 0 Å². The molecule has 1 fully saturated rings. The molecule has 1 aromatic carbocycles. The van der Waals surface area contributed by atoms with E-state index in [4.69, 9.17) is 9.47 Å². The van der Waals surface area contributed by atoms with E-state index in [0.717, 1.165) is 25.0 Å². The van der Waals surface area contributed by atoms with Gasteiger partial charge in [0.1, 0.15) is 5.75 Å². The number of methoxy groups -OCH3 is 1. The molecule has 1 heterocycles. The highest BCUT2D eigenvalue weighted by molar-refractivity contribution is 5.36. The molecule has 2 heteroatoms. The van der Waals surface area contributed by atoms with Crippen LogP contribution in [0.15, 0.2) is 18.2 Å². The van der Waals surface area contributed by atoms with Gasteiger partial charge in [0.05, 0.1) is 19.3 Å². The van der Waals surface area contributed by atoms with Crippen LogP contribution in [-0.4, -0.2) is 19.3 Å². The van der Waals surface area contributed by atoms with Crippen molar-refractivity contribution in [3.63, 3.8) is 0 Å². The summed E-state index contributed by atoms with van der Waals surface area (Å²) >= 11 is 0. The van der Waals surface area contributed by atoms with Crippen molar-refractivity contribution in [2.75, 3.05) is 7.11 Å². The fraction of sp³-hybridized carbons (Fsp3) is 0.625. The van der Waals surface area contributed by atoms with Gasteiger partial charge >= 0.3 is 0 Å². The van der Waals surface area contributed by atoms with Gasteiger partial charge in [-0.05, 0) is 48.4 Å². The van der Waals surface area contributed by atoms with E-state index in [-0.39, 0.29) is 0 Å². The van der Waals surface area contributed by atoms with Gasteiger partial charge < -0.3 is 9.47 Å². The van der Waals surface area contributed by atoms with Crippen molar-refractivity contribution in [2.45, 2.75) is 52.2 Å². The average molecular weight is 248 g/mol. The molecule has 18 heavy (non-hydrogen) atoms. The number of rotatable bonds is 6. The first kappa shape index (κ1) is 13.4. The van der Waals surface area contributed by atoms with Gasteiger partial charge in [0.25, 0.3) is 0 Å². The van der Waals surface area contributed by atoms with Gasteiger partial charge in [0, 0.05) is 0 Å². The second-order valence-electron chi connectivity index (χ2n) is 5.22. The quantitative estimate of drug-likeness (QED) is 0.717. The van der Waals surface area contributed by atoms with Crippen molar-refractivity contribution < 1.29 is 9.47 Å². The first-order valence-corrected chi connectivity index (χ1v) is 7.00. The Morgan fingerprint density at radius 3 is 2.61 bits per heavy atom. The van der Waals surface area contributed by atoms with Gasteiger partial charge in [0.2, 0.25) is 0 Å². The normalized spacial score (nSPS) is 23.8. The molecule has 0 aromatic heterocycles. The van der Waals surface area contributed by atoms with Crippen molar-refractivity contribution in [2.24, 2.45) is 5.92 Å². The highest BCUT2D eigenvalue weighted by atomic mass is 16.6. The van der Waals surface area contributed by atoms with Crippen LogP contribution in [0.2, 0.25) is 0 Å². The number of ether oxygens (including phenoxy) is 2. The maximum absolute atomic E-state index is 5.69. The Hall–Kier alpha value is -1.02. The summed E-state index contributed by atoms with van der Waals surface area (Å²) in [6.07, 6.45) is 4.28. The van der Waals surface area contributed by atoms with Crippen LogP contribution in [-0.2, 0) is 17.6 Å². The first-order valence-electron chi connectivity index (χ1n) is 7.00. The number of hydrogen-bond acceptors (Lipinski definition) is 2. The first-order chi connectivity index (χ1) is 8.69. The van der Waals surface area contributed by atoms with Crippen LogP contribution >= 0.6 is 0 Å². The zero-order chi connectivity index (χ0) is 13.1. The van der Waals surface area contributed by atoms with E-state index in [9.17, 15) is 0 Å². The maximum Gasteiger partial charge on any atom is 0.119 e. The Kier molecular flexibility index (Phi) is 4.28. The zero-order valence-electron chi connectivity index (χ0n) is 11.9. The second-order valence-corrected chi connectivity index (χ2v) is 5.22. The Bertz CT molecular complexity index is 400. The predicted molar refractivity (Wildman–Crippen MR) is 74.2 cm³/mol. The Morgan fingerprint density at radius 1 is 1.28 bits per heavy atom. The van der Waals surface area contributed by atoms with Crippen molar-refractivity contribution in [1.82, 2.24) is 0 Å². The van der Waals surface area contributed by atoms with E-state index in [1.807, 2.05) is 0 Å². The molecule has 0 saturated carbocycles. The number of epoxide rings is 1.